The minimum atomic E-state index is -1.32. The fourth-order valence-corrected chi connectivity index (χ4v) is 4.00. The maximum atomic E-state index is 12.2. The molecule has 0 aliphatic carbocycles. The summed E-state index contributed by atoms with van der Waals surface area (Å²) >= 11 is 0. The van der Waals surface area contributed by atoms with Crippen molar-refractivity contribution >= 4 is 52.6 Å². The summed E-state index contributed by atoms with van der Waals surface area (Å²) in [7, 11) is -1.32. The number of urea groups is 1. The van der Waals surface area contributed by atoms with Crippen LogP contribution in [0.2, 0.25) is 0 Å². The third-order valence-electron chi connectivity index (χ3n) is 5.63. The smallest absolute Gasteiger partial charge is 0.345 e. The molecule has 3 aliphatic rings. The molecule has 2 fully saturated rings. The van der Waals surface area contributed by atoms with Gasteiger partial charge in [-0.1, -0.05) is 46.3 Å². The van der Waals surface area contributed by atoms with Gasteiger partial charge in [-0.15, -0.1) is 34.3 Å². The van der Waals surface area contributed by atoms with E-state index in [0.29, 0.717) is 19.4 Å². The van der Waals surface area contributed by atoms with Gasteiger partial charge in [0, 0.05) is 39.7 Å². The molecule has 0 unspecified atom stereocenters. The summed E-state index contributed by atoms with van der Waals surface area (Å²) in [5.41, 5.74) is 1.24. The SMILES string of the molecule is CC.CC1=C[C@@H]2CN(C1)C(=O)N2OS(C)(C)C(C)(C)C.I.O=CNCC[C@@H]1CCC(=O)N1.[HH].[HH]. The summed E-state index contributed by atoms with van der Waals surface area (Å²) in [4.78, 5) is 34.6. The van der Waals surface area contributed by atoms with Gasteiger partial charge in [-0.2, -0.15) is 5.06 Å². The van der Waals surface area contributed by atoms with Gasteiger partial charge in [0.2, 0.25) is 12.3 Å². The van der Waals surface area contributed by atoms with Crippen LogP contribution in [-0.2, 0) is 13.9 Å². The predicted octanol–water partition coefficient (Wildman–Crippen LogP) is 4.30. The van der Waals surface area contributed by atoms with Crippen LogP contribution in [0.25, 0.3) is 0 Å². The number of halogens is 1. The molecule has 32 heavy (non-hydrogen) atoms. The van der Waals surface area contributed by atoms with E-state index in [-0.39, 0.29) is 55.6 Å². The van der Waals surface area contributed by atoms with E-state index in [2.05, 4.69) is 56.9 Å². The molecule has 10 heteroatoms. The molecule has 3 aliphatic heterocycles. The van der Waals surface area contributed by atoms with Crippen molar-refractivity contribution in [2.75, 3.05) is 32.1 Å². The molecular formula is C22H47IN4O4S. The van der Waals surface area contributed by atoms with E-state index >= 15 is 0 Å². The first-order valence-corrected chi connectivity index (χ1v) is 13.5. The molecule has 3 rings (SSSR count). The highest BCUT2D eigenvalue weighted by Crippen LogP contribution is 2.55. The number of hydrogen-bond donors (Lipinski definition) is 2. The van der Waals surface area contributed by atoms with Crippen molar-refractivity contribution in [2.45, 2.75) is 77.6 Å². The van der Waals surface area contributed by atoms with Crippen molar-refractivity contribution < 1.29 is 21.5 Å². The molecule has 0 aromatic carbocycles. The molecule has 8 nitrogen and oxygen atoms in total. The average Bonchev–Trinajstić information content (AvgIpc) is 3.19. The number of carbonyl (C=O) groups excluding carboxylic acids is 3. The molecule has 192 valence electrons. The first-order chi connectivity index (χ1) is 14.4. The maximum absolute atomic E-state index is 12.2. The molecular weight excluding hydrogens is 543 g/mol. The second-order valence-electron chi connectivity index (χ2n) is 9.15. The van der Waals surface area contributed by atoms with Crippen LogP contribution in [-0.4, -0.2) is 77.3 Å². The number of hydrogen-bond acceptors (Lipinski definition) is 4. The standard InChI is InChI=1S/C13H24N2O2S.C7H12N2O2.C2H6.HI.2H2/c1-10-7-11-9-14(8-10)12(16)15(11)17-18(5,6)13(2,3)4;10-5-8-4-3-6-1-2-7(11)9-6;1-2;;;/h7,11H,8-9H2,1-6H3;5-6H,1-4H2,(H,8,10)(H,9,11);1-2H3;3*1H/t11-;6-;;;;/m10..../s1. The Balaban J connectivity index is -0.000000526. The number of amides is 4. The second kappa shape index (κ2) is 13.6. The fourth-order valence-electron chi connectivity index (χ4n) is 3.20. The molecule has 0 aromatic heterocycles. The predicted molar refractivity (Wildman–Crippen MR) is 147 cm³/mol. The monoisotopic (exact) mass is 590 g/mol. The van der Waals surface area contributed by atoms with Crippen molar-refractivity contribution in [2.24, 2.45) is 0 Å². The van der Waals surface area contributed by atoms with Gasteiger partial charge in [-0.3, -0.25) is 9.59 Å². The van der Waals surface area contributed by atoms with Crippen LogP contribution in [0.3, 0.4) is 0 Å². The van der Waals surface area contributed by atoms with E-state index in [0.717, 1.165) is 25.9 Å². The van der Waals surface area contributed by atoms with E-state index in [9.17, 15) is 14.4 Å². The number of fused-ring (bicyclic) bond motifs is 2. The molecule has 0 aromatic rings. The molecule has 0 saturated carbocycles. The zero-order valence-corrected chi connectivity index (χ0v) is 24.0. The van der Waals surface area contributed by atoms with Crippen molar-refractivity contribution in [3.8, 4) is 0 Å². The van der Waals surface area contributed by atoms with Gasteiger partial charge >= 0.3 is 6.03 Å². The maximum Gasteiger partial charge on any atom is 0.345 e. The lowest BCUT2D eigenvalue weighted by atomic mass is 10.1. The Morgan fingerprint density at radius 2 is 1.94 bits per heavy atom. The van der Waals surface area contributed by atoms with Crippen LogP contribution >= 0.6 is 34.3 Å². The van der Waals surface area contributed by atoms with Crippen LogP contribution in [0.4, 0.5) is 4.79 Å². The van der Waals surface area contributed by atoms with E-state index in [1.54, 1.807) is 5.06 Å². The van der Waals surface area contributed by atoms with Gasteiger partial charge in [-0.25, -0.2) is 9.08 Å². The molecule has 4 amide bonds. The lowest BCUT2D eigenvalue weighted by Crippen LogP contribution is -2.38. The number of nitrogens with one attached hydrogen (secondary N) is 2. The first kappa shape index (κ1) is 31.0. The van der Waals surface area contributed by atoms with Gasteiger partial charge in [0.25, 0.3) is 0 Å². The molecule has 2 bridgehead atoms. The molecule has 2 atom stereocenters. The minimum absolute atomic E-state index is 0. The largest absolute Gasteiger partial charge is 0.359 e. The number of carbonyl (C=O) groups is 3. The van der Waals surface area contributed by atoms with Gasteiger partial charge in [0.05, 0.1) is 6.04 Å². The lowest BCUT2D eigenvalue weighted by Gasteiger charge is -2.45. The number of nitrogens with zero attached hydrogens (tertiary/aromatic N) is 2. The Morgan fingerprint density at radius 3 is 2.44 bits per heavy atom. The van der Waals surface area contributed by atoms with E-state index in [4.69, 9.17) is 4.28 Å². The molecule has 2 N–H and O–H groups in total. The zero-order valence-electron chi connectivity index (χ0n) is 20.9. The summed E-state index contributed by atoms with van der Waals surface area (Å²) in [6.45, 7) is 14.7. The van der Waals surface area contributed by atoms with Crippen molar-refractivity contribution in [3.05, 3.63) is 11.6 Å². The topological polar surface area (TPSA) is 91.0 Å². The third kappa shape index (κ3) is 8.74. The van der Waals surface area contributed by atoms with Gasteiger partial charge in [0.15, 0.2) is 0 Å². The molecule has 3 heterocycles. The zero-order chi connectivity index (χ0) is 23.8. The Labute approximate surface area is 215 Å². The molecule has 0 spiro atoms. The Bertz CT molecular complexity index is 678. The van der Waals surface area contributed by atoms with E-state index < -0.39 is 10.3 Å². The van der Waals surface area contributed by atoms with Crippen molar-refractivity contribution in [1.82, 2.24) is 20.6 Å². The van der Waals surface area contributed by atoms with Crippen molar-refractivity contribution in [3.63, 3.8) is 0 Å². The summed E-state index contributed by atoms with van der Waals surface area (Å²) in [5.74, 6) is 0.126. The normalized spacial score (nSPS) is 22.4. The average molecular weight is 591 g/mol. The molecule has 2 saturated heterocycles. The highest BCUT2D eigenvalue weighted by molar-refractivity contribution is 14.0. The van der Waals surface area contributed by atoms with E-state index in [1.165, 1.54) is 5.57 Å². The third-order valence-corrected chi connectivity index (χ3v) is 9.11. The van der Waals surface area contributed by atoms with Crippen molar-refractivity contribution in [1.29, 1.82) is 0 Å². The van der Waals surface area contributed by atoms with E-state index in [1.807, 2.05) is 18.7 Å². The quantitative estimate of drug-likeness (QED) is 0.209. The van der Waals surface area contributed by atoms with Crippen LogP contribution in [0.5, 0.6) is 0 Å². The fraction of sp³-hybridized carbons (Fsp3) is 0.773. The van der Waals surface area contributed by atoms with Crippen LogP contribution in [0.15, 0.2) is 11.6 Å². The lowest BCUT2D eigenvalue weighted by molar-refractivity contribution is -0.119. The minimum Gasteiger partial charge on any atom is -0.359 e. The first-order valence-electron chi connectivity index (χ1n) is 11.1. The highest BCUT2D eigenvalue weighted by Gasteiger charge is 2.43. The number of hydroxylamine groups is 2. The molecule has 0 radical (unpaired) electrons. The second-order valence-corrected chi connectivity index (χ2v) is 13.0. The van der Waals surface area contributed by atoms with Gasteiger partial charge < -0.3 is 15.5 Å². The summed E-state index contributed by atoms with van der Waals surface area (Å²) in [6, 6.07) is 0.369. The van der Waals surface area contributed by atoms with Crippen LogP contribution in [0, 0.1) is 0 Å². The van der Waals surface area contributed by atoms with Gasteiger partial charge in [0.1, 0.15) is 0 Å². The van der Waals surface area contributed by atoms with Crippen LogP contribution < -0.4 is 10.6 Å². The highest BCUT2D eigenvalue weighted by atomic mass is 127. The summed E-state index contributed by atoms with van der Waals surface area (Å²) in [5, 5.41) is 6.97. The summed E-state index contributed by atoms with van der Waals surface area (Å²) in [6.07, 6.45) is 9.44. The number of rotatable bonds is 6. The Morgan fingerprint density at radius 1 is 1.31 bits per heavy atom. The Hall–Kier alpha value is -1.01. The van der Waals surface area contributed by atoms with Gasteiger partial charge in [-0.05, 0) is 32.3 Å². The summed E-state index contributed by atoms with van der Waals surface area (Å²) < 4.78 is 6.17. The Kier molecular flexibility index (Phi) is 13.2. The van der Waals surface area contributed by atoms with Crippen LogP contribution in [0.1, 0.15) is 63.7 Å².